The molecule has 122 valence electrons. The third-order valence-corrected chi connectivity index (χ3v) is 4.56. The molecule has 2 saturated heterocycles. The molecule has 2 aliphatic heterocycles. The van der Waals surface area contributed by atoms with Crippen LogP contribution < -0.4 is 5.32 Å². The van der Waals surface area contributed by atoms with Crippen molar-refractivity contribution in [2.24, 2.45) is 0 Å². The van der Waals surface area contributed by atoms with Crippen LogP contribution >= 0.6 is 0 Å². The van der Waals surface area contributed by atoms with Crippen molar-refractivity contribution in [1.82, 2.24) is 19.5 Å². The van der Waals surface area contributed by atoms with Crippen molar-refractivity contribution >= 4 is 17.4 Å². The van der Waals surface area contributed by atoms with Crippen molar-refractivity contribution in [2.45, 2.75) is 37.8 Å². The molecule has 2 aromatic rings. The first-order chi connectivity index (χ1) is 11.3. The molecule has 0 unspecified atom stereocenters. The number of imidazole rings is 1. The Kier molecular flexibility index (Phi) is 3.87. The first-order valence-corrected chi connectivity index (χ1v) is 8.27. The molecule has 7 nitrogen and oxygen atoms in total. The minimum absolute atomic E-state index is 0.145. The summed E-state index contributed by atoms with van der Waals surface area (Å²) in [4.78, 5) is 18.6. The monoisotopic (exact) mass is 315 g/mol. The molecule has 4 heterocycles. The van der Waals surface area contributed by atoms with Crippen molar-refractivity contribution in [3.05, 3.63) is 24.5 Å². The van der Waals surface area contributed by atoms with Crippen molar-refractivity contribution in [3.8, 4) is 0 Å². The van der Waals surface area contributed by atoms with Gasteiger partial charge in [-0.15, -0.1) is 5.10 Å². The van der Waals surface area contributed by atoms with Crippen LogP contribution in [0.2, 0.25) is 0 Å². The van der Waals surface area contributed by atoms with Gasteiger partial charge in [-0.2, -0.15) is 0 Å². The molecule has 2 fully saturated rings. The zero-order valence-corrected chi connectivity index (χ0v) is 13.0. The van der Waals surface area contributed by atoms with Gasteiger partial charge in [-0.3, -0.25) is 4.79 Å². The van der Waals surface area contributed by atoms with E-state index in [0.717, 1.165) is 43.7 Å². The van der Waals surface area contributed by atoms with Gasteiger partial charge in [-0.1, -0.05) is 0 Å². The quantitative estimate of drug-likeness (QED) is 0.924. The summed E-state index contributed by atoms with van der Waals surface area (Å²) < 4.78 is 7.36. The van der Waals surface area contributed by atoms with Gasteiger partial charge in [0.15, 0.2) is 5.65 Å². The molecule has 0 aliphatic carbocycles. The molecule has 2 aliphatic rings. The Hall–Kier alpha value is -2.15. The second-order valence-corrected chi connectivity index (χ2v) is 6.22. The van der Waals surface area contributed by atoms with Gasteiger partial charge in [-0.05, 0) is 37.8 Å². The lowest BCUT2D eigenvalue weighted by Crippen LogP contribution is -2.41. The van der Waals surface area contributed by atoms with Crippen LogP contribution in [0.4, 0.5) is 5.82 Å². The summed E-state index contributed by atoms with van der Waals surface area (Å²) in [6.45, 7) is 2.20. The number of nitrogens with one attached hydrogen (secondary N) is 1. The summed E-state index contributed by atoms with van der Waals surface area (Å²) in [5, 5.41) is 7.89. The van der Waals surface area contributed by atoms with Gasteiger partial charge < -0.3 is 15.0 Å². The van der Waals surface area contributed by atoms with Crippen LogP contribution in [-0.4, -0.2) is 57.2 Å². The molecule has 0 radical (unpaired) electrons. The number of rotatable bonds is 3. The van der Waals surface area contributed by atoms with Crippen molar-refractivity contribution in [3.63, 3.8) is 0 Å². The average molecular weight is 315 g/mol. The lowest BCUT2D eigenvalue weighted by molar-refractivity contribution is -0.145. The predicted octanol–water partition coefficient (Wildman–Crippen LogP) is 1.31. The van der Waals surface area contributed by atoms with E-state index in [9.17, 15) is 4.79 Å². The van der Waals surface area contributed by atoms with E-state index in [2.05, 4.69) is 15.4 Å². The molecule has 23 heavy (non-hydrogen) atoms. The van der Waals surface area contributed by atoms with Crippen LogP contribution in [-0.2, 0) is 9.53 Å². The number of carbonyl (C=O) groups excluding carboxylic acids is 1. The van der Waals surface area contributed by atoms with Crippen molar-refractivity contribution < 1.29 is 9.53 Å². The summed E-state index contributed by atoms with van der Waals surface area (Å²) in [5.41, 5.74) is 0.827. The fourth-order valence-electron chi connectivity index (χ4n) is 3.32. The van der Waals surface area contributed by atoms with E-state index >= 15 is 0 Å². The Morgan fingerprint density at radius 3 is 3.13 bits per heavy atom. The molecular weight excluding hydrogens is 294 g/mol. The molecule has 0 aromatic carbocycles. The average Bonchev–Trinajstić information content (AvgIpc) is 3.24. The minimum Gasteiger partial charge on any atom is -0.368 e. The molecule has 2 aromatic heterocycles. The van der Waals surface area contributed by atoms with E-state index in [1.165, 1.54) is 0 Å². The third kappa shape index (κ3) is 3.01. The topological polar surface area (TPSA) is 71.8 Å². The number of amides is 1. The molecule has 7 heteroatoms. The fourth-order valence-corrected chi connectivity index (χ4v) is 3.32. The Morgan fingerprint density at radius 2 is 2.26 bits per heavy atom. The Bertz CT molecular complexity index is 695. The highest BCUT2D eigenvalue weighted by atomic mass is 16.5. The van der Waals surface area contributed by atoms with Crippen molar-refractivity contribution in [1.29, 1.82) is 0 Å². The zero-order chi connectivity index (χ0) is 15.6. The highest BCUT2D eigenvalue weighted by Crippen LogP contribution is 2.20. The summed E-state index contributed by atoms with van der Waals surface area (Å²) >= 11 is 0. The van der Waals surface area contributed by atoms with Crippen LogP contribution in [0.3, 0.4) is 0 Å². The first-order valence-electron chi connectivity index (χ1n) is 8.27. The predicted molar refractivity (Wildman–Crippen MR) is 85.2 cm³/mol. The van der Waals surface area contributed by atoms with E-state index in [1.54, 1.807) is 10.7 Å². The van der Waals surface area contributed by atoms with Crippen molar-refractivity contribution in [2.75, 3.05) is 25.0 Å². The Labute approximate surface area is 134 Å². The van der Waals surface area contributed by atoms with Gasteiger partial charge >= 0.3 is 0 Å². The van der Waals surface area contributed by atoms with E-state index in [1.807, 2.05) is 23.2 Å². The molecule has 1 N–H and O–H groups in total. The molecular formula is C16H21N5O2. The second kappa shape index (κ2) is 6.16. The first kappa shape index (κ1) is 14.4. The molecule has 0 saturated carbocycles. The summed E-state index contributed by atoms with van der Waals surface area (Å²) in [5.74, 6) is 0.954. The molecule has 1 amide bonds. The largest absolute Gasteiger partial charge is 0.368 e. The third-order valence-electron chi connectivity index (χ3n) is 4.56. The van der Waals surface area contributed by atoms with Gasteiger partial charge in [0.2, 0.25) is 0 Å². The number of fused-ring (bicyclic) bond motifs is 1. The number of nitrogens with zero attached hydrogens (tertiary/aromatic N) is 4. The summed E-state index contributed by atoms with van der Waals surface area (Å²) in [6.07, 6.45) is 7.26. The summed E-state index contributed by atoms with van der Waals surface area (Å²) in [7, 11) is 0. The number of anilines is 1. The maximum atomic E-state index is 12.5. The maximum Gasteiger partial charge on any atom is 0.251 e. The highest BCUT2D eigenvalue weighted by molar-refractivity contribution is 5.81. The highest BCUT2D eigenvalue weighted by Gasteiger charge is 2.32. The lowest BCUT2D eigenvalue weighted by atomic mass is 10.1. The van der Waals surface area contributed by atoms with Crippen LogP contribution in [0, 0.1) is 0 Å². The number of hydrogen-bond acceptors (Lipinski definition) is 5. The maximum absolute atomic E-state index is 12.5. The van der Waals surface area contributed by atoms with Gasteiger partial charge in [0, 0.05) is 38.1 Å². The van der Waals surface area contributed by atoms with Gasteiger partial charge in [0.05, 0.1) is 0 Å². The second-order valence-electron chi connectivity index (χ2n) is 6.22. The lowest BCUT2D eigenvalue weighted by Gasteiger charge is -2.26. The summed E-state index contributed by atoms with van der Waals surface area (Å²) in [6, 6.07) is 4.09. The van der Waals surface area contributed by atoms with Gasteiger partial charge in [0.25, 0.3) is 5.91 Å². The number of likely N-dealkylation sites (tertiary alicyclic amines) is 1. The number of hydrogen-bond donors (Lipinski definition) is 1. The Balaban J connectivity index is 1.37. The SMILES string of the molecule is O=C([C@H]1CCCCO1)N1CC[C@@H](Nc2ccc3nccn3n2)C1. The number of carbonyl (C=O) groups is 1. The normalized spacial score (nSPS) is 25.0. The van der Waals surface area contributed by atoms with E-state index < -0.39 is 0 Å². The van der Waals surface area contributed by atoms with Crippen LogP contribution in [0.5, 0.6) is 0 Å². The van der Waals surface area contributed by atoms with E-state index in [0.29, 0.717) is 13.2 Å². The molecule has 4 rings (SSSR count). The van der Waals surface area contributed by atoms with Gasteiger partial charge in [0.1, 0.15) is 11.9 Å². The number of aromatic nitrogens is 3. The van der Waals surface area contributed by atoms with Crippen LogP contribution in [0.15, 0.2) is 24.5 Å². The molecule has 0 bridgehead atoms. The van der Waals surface area contributed by atoms with Crippen LogP contribution in [0.1, 0.15) is 25.7 Å². The smallest absolute Gasteiger partial charge is 0.251 e. The zero-order valence-electron chi connectivity index (χ0n) is 13.0. The van der Waals surface area contributed by atoms with E-state index in [4.69, 9.17) is 4.74 Å². The van der Waals surface area contributed by atoms with E-state index in [-0.39, 0.29) is 18.1 Å². The number of ether oxygens (including phenoxy) is 1. The molecule has 0 spiro atoms. The molecule has 2 atom stereocenters. The fraction of sp³-hybridized carbons (Fsp3) is 0.562. The Morgan fingerprint density at radius 1 is 1.30 bits per heavy atom. The standard InChI is InChI=1S/C16H21N5O2/c22-16(13-3-1-2-10-23-13)20-8-6-12(11-20)18-14-4-5-15-17-7-9-21(15)19-14/h4-5,7,9,12-13H,1-3,6,8,10-11H2,(H,18,19)/t12-,13-/m1/s1. The minimum atomic E-state index is -0.233. The van der Waals surface area contributed by atoms with Gasteiger partial charge in [-0.25, -0.2) is 9.50 Å². The van der Waals surface area contributed by atoms with Crippen LogP contribution in [0.25, 0.3) is 5.65 Å².